The fourth-order valence-corrected chi connectivity index (χ4v) is 2.50. The average molecular weight is 387 g/mol. The highest BCUT2D eigenvalue weighted by Gasteiger charge is 2.10. The van der Waals surface area contributed by atoms with Crippen molar-refractivity contribution in [3.05, 3.63) is 54.1 Å². The summed E-state index contributed by atoms with van der Waals surface area (Å²) in [6.45, 7) is 7.42. The van der Waals surface area contributed by atoms with Crippen LogP contribution in [-0.2, 0) is 0 Å². The minimum Gasteiger partial charge on any atom is -0.494 e. The first-order valence-corrected chi connectivity index (χ1v) is 9.47. The monoisotopic (exact) mass is 386 g/mol. The van der Waals surface area contributed by atoms with E-state index < -0.39 is 0 Å². The van der Waals surface area contributed by atoms with Crippen LogP contribution in [0.1, 0.15) is 37.6 Å². The fraction of sp³-hybridized carbons (Fsp3) is 0.333. The van der Waals surface area contributed by atoms with Gasteiger partial charge in [0.1, 0.15) is 11.5 Å². The number of carbonyl (C=O) groups is 1. The summed E-state index contributed by atoms with van der Waals surface area (Å²) >= 11 is 5.24. The molecule has 2 rings (SSSR count). The number of carbonyl (C=O) groups excluding carboxylic acids is 1. The maximum absolute atomic E-state index is 12.4. The van der Waals surface area contributed by atoms with Gasteiger partial charge in [0.25, 0.3) is 5.91 Å². The van der Waals surface area contributed by atoms with Gasteiger partial charge in [0.2, 0.25) is 0 Å². The van der Waals surface area contributed by atoms with E-state index in [4.69, 9.17) is 21.7 Å². The first kappa shape index (κ1) is 20.7. The molecule has 0 aromatic heterocycles. The van der Waals surface area contributed by atoms with Crippen molar-refractivity contribution < 1.29 is 14.3 Å². The summed E-state index contributed by atoms with van der Waals surface area (Å²) in [5.74, 6) is 1.74. The van der Waals surface area contributed by atoms with Gasteiger partial charge in [0, 0.05) is 5.56 Å². The lowest BCUT2D eigenvalue weighted by atomic mass is 10.1. The largest absolute Gasteiger partial charge is 0.494 e. The van der Waals surface area contributed by atoms with Crippen LogP contribution in [0.15, 0.2) is 48.5 Å². The Morgan fingerprint density at radius 2 is 1.78 bits per heavy atom. The number of thiocarbonyl (C=S) groups is 1. The Labute approximate surface area is 166 Å². The molecule has 1 amide bonds. The Balaban J connectivity index is 1.90. The van der Waals surface area contributed by atoms with Crippen LogP contribution in [0, 0.1) is 5.92 Å². The Kier molecular flexibility index (Phi) is 8.07. The number of anilines is 1. The van der Waals surface area contributed by atoms with Crippen molar-refractivity contribution in [2.75, 3.05) is 18.5 Å². The molecule has 5 nitrogen and oxygen atoms in total. The molecular formula is C21H26N2O3S. The van der Waals surface area contributed by atoms with E-state index in [0.29, 0.717) is 36.1 Å². The predicted molar refractivity (Wildman–Crippen MR) is 113 cm³/mol. The molecule has 0 radical (unpaired) electrons. The number of ether oxygens (including phenoxy) is 2. The molecule has 0 saturated carbocycles. The molecule has 2 N–H and O–H groups in total. The number of para-hydroxylation sites is 2. The molecule has 0 fully saturated rings. The molecule has 2 aromatic carbocycles. The van der Waals surface area contributed by atoms with Crippen molar-refractivity contribution in [2.24, 2.45) is 5.92 Å². The van der Waals surface area contributed by atoms with Gasteiger partial charge in [-0.15, -0.1) is 0 Å². The summed E-state index contributed by atoms with van der Waals surface area (Å²) in [4.78, 5) is 12.4. The van der Waals surface area contributed by atoms with Crippen LogP contribution in [-0.4, -0.2) is 24.2 Å². The predicted octanol–water partition coefficient (Wildman–Crippen LogP) is 4.64. The van der Waals surface area contributed by atoms with Crippen LogP contribution >= 0.6 is 12.2 Å². The fourth-order valence-electron chi connectivity index (χ4n) is 2.30. The summed E-state index contributed by atoms with van der Waals surface area (Å²) in [6, 6.07) is 14.4. The summed E-state index contributed by atoms with van der Waals surface area (Å²) < 4.78 is 11.2. The van der Waals surface area contributed by atoms with E-state index in [2.05, 4.69) is 24.5 Å². The summed E-state index contributed by atoms with van der Waals surface area (Å²) in [5.41, 5.74) is 1.21. The van der Waals surface area contributed by atoms with E-state index in [1.165, 1.54) is 0 Å². The molecule has 0 unspecified atom stereocenters. The molecule has 0 bridgehead atoms. The van der Waals surface area contributed by atoms with Crippen molar-refractivity contribution in [2.45, 2.75) is 27.2 Å². The standard InChI is InChI=1S/C21H26N2O3S/c1-4-25-19-8-6-5-7-18(19)22-21(27)23-20(24)16-9-11-17(12-10-16)26-14-13-15(2)3/h5-12,15H,4,13-14H2,1-3H3,(H2,22,23,24,27). The van der Waals surface area contributed by atoms with Gasteiger partial charge in [0.05, 0.1) is 18.9 Å². The third kappa shape index (κ3) is 6.90. The highest BCUT2D eigenvalue weighted by Crippen LogP contribution is 2.23. The molecule has 144 valence electrons. The van der Waals surface area contributed by atoms with Gasteiger partial charge >= 0.3 is 0 Å². The first-order chi connectivity index (χ1) is 13.0. The molecule has 27 heavy (non-hydrogen) atoms. The summed E-state index contributed by atoms with van der Waals surface area (Å²) in [5, 5.41) is 5.88. The van der Waals surface area contributed by atoms with Gasteiger partial charge in [-0.1, -0.05) is 26.0 Å². The zero-order chi connectivity index (χ0) is 19.6. The second-order valence-electron chi connectivity index (χ2n) is 6.39. The highest BCUT2D eigenvalue weighted by atomic mass is 32.1. The minimum absolute atomic E-state index is 0.212. The Hall–Kier alpha value is -2.60. The minimum atomic E-state index is -0.282. The van der Waals surface area contributed by atoms with Crippen molar-refractivity contribution in [1.82, 2.24) is 5.32 Å². The number of benzene rings is 2. The number of rotatable bonds is 8. The van der Waals surface area contributed by atoms with E-state index in [1.54, 1.807) is 24.3 Å². The number of amides is 1. The highest BCUT2D eigenvalue weighted by molar-refractivity contribution is 7.80. The van der Waals surface area contributed by atoms with Crippen LogP contribution in [0.4, 0.5) is 5.69 Å². The van der Waals surface area contributed by atoms with Gasteiger partial charge in [-0.05, 0) is 67.9 Å². The van der Waals surface area contributed by atoms with E-state index in [9.17, 15) is 4.79 Å². The lowest BCUT2D eigenvalue weighted by Crippen LogP contribution is -2.34. The molecular weight excluding hydrogens is 360 g/mol. The molecule has 2 aromatic rings. The van der Waals surface area contributed by atoms with Gasteiger partial charge in [0.15, 0.2) is 5.11 Å². The molecule has 0 spiro atoms. The van der Waals surface area contributed by atoms with Gasteiger partial charge in [-0.3, -0.25) is 10.1 Å². The van der Waals surface area contributed by atoms with Crippen LogP contribution in [0.5, 0.6) is 11.5 Å². The Morgan fingerprint density at radius 3 is 2.44 bits per heavy atom. The van der Waals surface area contributed by atoms with Gasteiger partial charge in [-0.25, -0.2) is 0 Å². The third-order valence-corrected chi connectivity index (χ3v) is 3.95. The maximum Gasteiger partial charge on any atom is 0.257 e. The second-order valence-corrected chi connectivity index (χ2v) is 6.80. The average Bonchev–Trinajstić information content (AvgIpc) is 2.63. The quantitative estimate of drug-likeness (QED) is 0.648. The van der Waals surface area contributed by atoms with Crippen LogP contribution in [0.25, 0.3) is 0 Å². The van der Waals surface area contributed by atoms with E-state index >= 15 is 0 Å². The third-order valence-electron chi connectivity index (χ3n) is 3.74. The van der Waals surface area contributed by atoms with Gasteiger partial charge in [-0.2, -0.15) is 0 Å². The Morgan fingerprint density at radius 1 is 1.07 bits per heavy atom. The molecule has 0 heterocycles. The molecule has 0 aliphatic carbocycles. The molecule has 0 aliphatic rings. The summed E-state index contributed by atoms with van der Waals surface area (Å²) in [6.07, 6.45) is 0.991. The van der Waals surface area contributed by atoms with Crippen LogP contribution in [0.2, 0.25) is 0 Å². The number of nitrogens with one attached hydrogen (secondary N) is 2. The molecule has 0 saturated heterocycles. The molecule has 0 atom stereocenters. The van der Waals surface area contributed by atoms with Crippen LogP contribution < -0.4 is 20.1 Å². The van der Waals surface area contributed by atoms with Crippen molar-refractivity contribution >= 4 is 28.9 Å². The SMILES string of the molecule is CCOc1ccccc1NC(=S)NC(=O)c1ccc(OCCC(C)C)cc1. The Bertz CT molecular complexity index is 760. The second kappa shape index (κ2) is 10.5. The number of hydrogen-bond acceptors (Lipinski definition) is 4. The van der Waals surface area contributed by atoms with E-state index in [0.717, 1.165) is 12.2 Å². The normalized spacial score (nSPS) is 10.4. The van der Waals surface area contributed by atoms with Crippen molar-refractivity contribution in [1.29, 1.82) is 0 Å². The van der Waals surface area contributed by atoms with Crippen molar-refractivity contribution in [3.63, 3.8) is 0 Å². The zero-order valence-electron chi connectivity index (χ0n) is 16.0. The smallest absolute Gasteiger partial charge is 0.257 e. The number of hydrogen-bond donors (Lipinski definition) is 2. The summed E-state index contributed by atoms with van der Waals surface area (Å²) in [7, 11) is 0. The molecule has 0 aliphatic heterocycles. The zero-order valence-corrected chi connectivity index (χ0v) is 16.8. The lowest BCUT2D eigenvalue weighted by molar-refractivity contribution is 0.0977. The molecule has 6 heteroatoms. The van der Waals surface area contributed by atoms with Crippen LogP contribution in [0.3, 0.4) is 0 Å². The van der Waals surface area contributed by atoms with Gasteiger partial charge < -0.3 is 14.8 Å². The topological polar surface area (TPSA) is 59.6 Å². The lowest BCUT2D eigenvalue weighted by Gasteiger charge is -2.13. The van der Waals surface area contributed by atoms with Crippen molar-refractivity contribution in [3.8, 4) is 11.5 Å². The maximum atomic E-state index is 12.4. The first-order valence-electron chi connectivity index (χ1n) is 9.06. The van der Waals surface area contributed by atoms with E-state index in [-0.39, 0.29) is 11.0 Å². The van der Waals surface area contributed by atoms with E-state index in [1.807, 2.05) is 31.2 Å².